The number of hydrogen-bond donors (Lipinski definition) is 3. The molecule has 0 radical (unpaired) electrons. The number of ether oxygens (including phenoxy) is 3. The van der Waals surface area contributed by atoms with E-state index in [1.54, 1.807) is 0 Å². The third-order valence-corrected chi connectivity index (χ3v) is 6.07. The monoisotopic (exact) mass is 484 g/mol. The van der Waals surface area contributed by atoms with Crippen LogP contribution in [0, 0.1) is 0 Å². The van der Waals surface area contributed by atoms with E-state index in [1.807, 2.05) is 48.5 Å². The van der Waals surface area contributed by atoms with Crippen LogP contribution < -0.4 is 20.1 Å². The Labute approximate surface area is 204 Å². The lowest BCUT2D eigenvalue weighted by Crippen LogP contribution is -2.52. The van der Waals surface area contributed by atoms with Gasteiger partial charge in [-0.2, -0.15) is 0 Å². The first kappa shape index (κ1) is 26.0. The highest BCUT2D eigenvalue weighted by Gasteiger charge is 2.29. The number of carbonyl (C=O) groups excluding carboxylic acids is 2. The summed E-state index contributed by atoms with van der Waals surface area (Å²) in [5, 5.41) is 15.1. The highest BCUT2D eigenvalue weighted by Crippen LogP contribution is 2.37. The van der Waals surface area contributed by atoms with Gasteiger partial charge in [0.15, 0.2) is 11.5 Å². The number of carbonyl (C=O) groups is 3. The number of methoxy groups -OCH3 is 1. The van der Waals surface area contributed by atoms with Gasteiger partial charge in [0.05, 0.1) is 19.6 Å². The number of carboxylic acid groups (broad SMARTS) is 1. The van der Waals surface area contributed by atoms with Crippen LogP contribution in [0.2, 0.25) is 0 Å². The standard InChI is InChI=1S/C26H32N2O7/c1-26(2,18-9-10-21-22(14-18)35-16-34-21)11-12-27-19(15-23(29)30)24(31)28-20(25(32)33-3)13-17-7-5-4-6-8-17/h4-10,14,19-20,27H,11-13,15-16H2,1-3H3,(H,28,31)(H,29,30)/t19-,20+/m1/s1. The Morgan fingerprint density at radius 1 is 1.06 bits per heavy atom. The van der Waals surface area contributed by atoms with E-state index in [-0.39, 0.29) is 18.6 Å². The van der Waals surface area contributed by atoms with Crippen molar-refractivity contribution in [2.24, 2.45) is 0 Å². The number of amides is 1. The Balaban J connectivity index is 1.63. The second-order valence-electron chi connectivity index (χ2n) is 9.08. The third kappa shape index (κ3) is 7.19. The quantitative estimate of drug-likeness (QED) is 0.393. The summed E-state index contributed by atoms with van der Waals surface area (Å²) in [6.07, 6.45) is 0.437. The minimum Gasteiger partial charge on any atom is -0.481 e. The highest BCUT2D eigenvalue weighted by molar-refractivity contribution is 5.90. The van der Waals surface area contributed by atoms with Gasteiger partial charge in [-0.3, -0.25) is 9.59 Å². The zero-order chi connectivity index (χ0) is 25.4. The van der Waals surface area contributed by atoms with Crippen molar-refractivity contribution in [2.45, 2.75) is 50.6 Å². The van der Waals surface area contributed by atoms with Gasteiger partial charge in [-0.25, -0.2) is 4.79 Å². The number of nitrogens with one attached hydrogen (secondary N) is 2. The maximum Gasteiger partial charge on any atom is 0.328 e. The summed E-state index contributed by atoms with van der Waals surface area (Å²) >= 11 is 0. The summed E-state index contributed by atoms with van der Waals surface area (Å²) in [4.78, 5) is 36.7. The molecule has 188 valence electrons. The van der Waals surface area contributed by atoms with Crippen molar-refractivity contribution in [3.05, 3.63) is 59.7 Å². The topological polar surface area (TPSA) is 123 Å². The molecule has 1 aliphatic rings. The van der Waals surface area contributed by atoms with Gasteiger partial charge >= 0.3 is 11.9 Å². The fourth-order valence-corrected chi connectivity index (χ4v) is 3.91. The molecule has 0 bridgehead atoms. The molecule has 3 N–H and O–H groups in total. The summed E-state index contributed by atoms with van der Waals surface area (Å²) in [5.41, 5.74) is 1.60. The van der Waals surface area contributed by atoms with Gasteiger partial charge in [0, 0.05) is 6.42 Å². The fourth-order valence-electron chi connectivity index (χ4n) is 3.91. The summed E-state index contributed by atoms with van der Waals surface area (Å²) in [5.74, 6) is -0.888. The molecule has 0 aliphatic carbocycles. The molecule has 0 aromatic heterocycles. The Morgan fingerprint density at radius 3 is 2.46 bits per heavy atom. The van der Waals surface area contributed by atoms with Crippen molar-refractivity contribution < 1.29 is 33.7 Å². The number of aliphatic carboxylic acids is 1. The van der Waals surface area contributed by atoms with Gasteiger partial charge < -0.3 is 30.0 Å². The Kier molecular flexibility index (Phi) is 8.70. The second-order valence-corrected chi connectivity index (χ2v) is 9.08. The molecule has 2 atom stereocenters. The molecular formula is C26H32N2O7. The van der Waals surface area contributed by atoms with Crippen LogP contribution in [0.15, 0.2) is 48.5 Å². The first-order chi connectivity index (χ1) is 16.7. The predicted molar refractivity (Wildman–Crippen MR) is 128 cm³/mol. The van der Waals surface area contributed by atoms with Crippen molar-refractivity contribution in [3.8, 4) is 11.5 Å². The minimum absolute atomic E-state index is 0.198. The first-order valence-electron chi connectivity index (χ1n) is 11.5. The van der Waals surface area contributed by atoms with E-state index in [9.17, 15) is 19.5 Å². The predicted octanol–water partition coefficient (Wildman–Crippen LogP) is 2.42. The van der Waals surface area contributed by atoms with Crippen molar-refractivity contribution in [1.82, 2.24) is 10.6 Å². The Bertz CT molecular complexity index is 1040. The molecule has 1 heterocycles. The van der Waals surface area contributed by atoms with Crippen molar-refractivity contribution in [3.63, 3.8) is 0 Å². The molecule has 0 fully saturated rings. The smallest absolute Gasteiger partial charge is 0.328 e. The Morgan fingerprint density at radius 2 is 1.77 bits per heavy atom. The van der Waals surface area contributed by atoms with Crippen LogP contribution in [0.4, 0.5) is 0 Å². The molecule has 9 heteroatoms. The number of benzene rings is 2. The lowest BCUT2D eigenvalue weighted by Gasteiger charge is -2.27. The van der Waals surface area contributed by atoms with Crippen molar-refractivity contribution >= 4 is 17.8 Å². The molecule has 0 saturated heterocycles. The third-order valence-electron chi connectivity index (χ3n) is 6.07. The van der Waals surface area contributed by atoms with Crippen molar-refractivity contribution in [1.29, 1.82) is 0 Å². The number of carboxylic acids is 1. The lowest BCUT2D eigenvalue weighted by molar-refractivity contribution is -0.145. The molecule has 35 heavy (non-hydrogen) atoms. The average Bonchev–Trinajstić information content (AvgIpc) is 3.31. The molecule has 3 rings (SSSR count). The van der Waals surface area contributed by atoms with Gasteiger partial charge in [-0.05, 0) is 41.6 Å². The maximum absolute atomic E-state index is 13.0. The van der Waals surface area contributed by atoms with E-state index in [4.69, 9.17) is 14.2 Å². The highest BCUT2D eigenvalue weighted by atomic mass is 16.7. The van der Waals surface area contributed by atoms with E-state index in [0.29, 0.717) is 24.5 Å². The zero-order valence-corrected chi connectivity index (χ0v) is 20.2. The van der Waals surface area contributed by atoms with Crippen molar-refractivity contribution in [2.75, 3.05) is 20.4 Å². The van der Waals surface area contributed by atoms with E-state index in [1.165, 1.54) is 7.11 Å². The van der Waals surface area contributed by atoms with Crippen LogP contribution in [0.1, 0.15) is 37.8 Å². The molecule has 1 aliphatic heterocycles. The number of hydrogen-bond acceptors (Lipinski definition) is 7. The zero-order valence-electron chi connectivity index (χ0n) is 20.2. The number of rotatable bonds is 12. The van der Waals surface area contributed by atoms with Crippen LogP contribution in [-0.4, -0.2) is 55.5 Å². The van der Waals surface area contributed by atoms with Crippen LogP contribution in [0.25, 0.3) is 0 Å². The van der Waals surface area contributed by atoms with Gasteiger partial charge in [0.25, 0.3) is 0 Å². The average molecular weight is 485 g/mol. The fraction of sp³-hybridized carbons (Fsp3) is 0.423. The van der Waals surface area contributed by atoms with E-state index in [2.05, 4.69) is 24.5 Å². The van der Waals surface area contributed by atoms with Gasteiger partial charge in [0.2, 0.25) is 12.7 Å². The SMILES string of the molecule is COC(=O)[C@H](Cc1ccccc1)NC(=O)[C@@H](CC(=O)O)NCCC(C)(C)c1ccc2c(c1)OCO2. The number of esters is 1. The summed E-state index contributed by atoms with van der Waals surface area (Å²) < 4.78 is 15.7. The van der Waals surface area contributed by atoms with Crippen LogP contribution in [-0.2, 0) is 31.0 Å². The molecule has 9 nitrogen and oxygen atoms in total. The maximum atomic E-state index is 13.0. The molecular weight excluding hydrogens is 452 g/mol. The molecule has 0 saturated carbocycles. The lowest BCUT2D eigenvalue weighted by atomic mass is 9.81. The summed E-state index contributed by atoms with van der Waals surface area (Å²) in [7, 11) is 1.25. The molecule has 2 aromatic rings. The van der Waals surface area contributed by atoms with Crippen LogP contribution in [0.5, 0.6) is 11.5 Å². The van der Waals surface area contributed by atoms with E-state index in [0.717, 1.165) is 11.1 Å². The Hall–Kier alpha value is -3.59. The van der Waals surface area contributed by atoms with Gasteiger partial charge in [-0.1, -0.05) is 50.2 Å². The largest absolute Gasteiger partial charge is 0.481 e. The van der Waals surface area contributed by atoms with Gasteiger partial charge in [-0.15, -0.1) is 0 Å². The first-order valence-corrected chi connectivity index (χ1v) is 11.5. The normalized spacial score (nSPS) is 14.1. The summed E-state index contributed by atoms with van der Waals surface area (Å²) in [6, 6.07) is 13.0. The molecule has 1 amide bonds. The minimum atomic E-state index is -1.12. The molecule has 0 spiro atoms. The number of fused-ring (bicyclic) bond motifs is 1. The van der Waals surface area contributed by atoms with E-state index >= 15 is 0 Å². The molecule has 2 aromatic carbocycles. The van der Waals surface area contributed by atoms with Gasteiger partial charge in [0.1, 0.15) is 6.04 Å². The van der Waals surface area contributed by atoms with Crippen LogP contribution >= 0.6 is 0 Å². The summed E-state index contributed by atoms with van der Waals surface area (Å²) in [6.45, 7) is 4.70. The molecule has 0 unspecified atom stereocenters. The van der Waals surface area contributed by atoms with Crippen LogP contribution in [0.3, 0.4) is 0 Å². The van der Waals surface area contributed by atoms with E-state index < -0.39 is 36.4 Å². The second kappa shape index (κ2) is 11.7.